The molecule has 30 heavy (non-hydrogen) atoms. The van der Waals surface area contributed by atoms with Gasteiger partial charge in [-0.25, -0.2) is 9.18 Å². The Bertz CT molecular complexity index is 1140. The van der Waals surface area contributed by atoms with E-state index in [2.05, 4.69) is 10.3 Å². The Labute approximate surface area is 171 Å². The van der Waals surface area contributed by atoms with E-state index in [-0.39, 0.29) is 29.4 Å². The molecular formula is C21H22FN3O5. The molecule has 2 aromatic heterocycles. The van der Waals surface area contributed by atoms with Crippen molar-refractivity contribution in [2.45, 2.75) is 19.9 Å². The first kappa shape index (κ1) is 21.3. The molecule has 0 aliphatic rings. The Hall–Kier alpha value is -3.46. The highest BCUT2D eigenvalue weighted by atomic mass is 19.1. The number of aliphatic hydroxyl groups is 1. The van der Waals surface area contributed by atoms with Crippen LogP contribution in [0.4, 0.5) is 15.8 Å². The van der Waals surface area contributed by atoms with Gasteiger partial charge in [-0.1, -0.05) is 13.8 Å². The summed E-state index contributed by atoms with van der Waals surface area (Å²) in [6.45, 7) is 3.47. The molecule has 3 aromatic rings. The smallest absolute Gasteiger partial charge is 0.341 e. The number of nitrogens with zero attached hydrogens (tertiary/aromatic N) is 2. The summed E-state index contributed by atoms with van der Waals surface area (Å²) in [7, 11) is 1.41. The minimum atomic E-state index is -1.38. The van der Waals surface area contributed by atoms with Crippen LogP contribution in [-0.2, 0) is 0 Å². The van der Waals surface area contributed by atoms with Gasteiger partial charge in [-0.15, -0.1) is 0 Å². The third-order valence-electron chi connectivity index (χ3n) is 4.83. The van der Waals surface area contributed by atoms with Gasteiger partial charge < -0.3 is 24.8 Å². The molecule has 9 heteroatoms. The molecule has 0 radical (unpaired) electrons. The fraction of sp³-hybridized carbons (Fsp3) is 0.286. The van der Waals surface area contributed by atoms with Gasteiger partial charge in [-0.2, -0.15) is 4.98 Å². The van der Waals surface area contributed by atoms with Crippen molar-refractivity contribution >= 4 is 28.4 Å². The Balaban J connectivity index is 2.29. The van der Waals surface area contributed by atoms with Crippen LogP contribution < -0.4 is 15.5 Å². The molecule has 0 spiro atoms. The zero-order chi connectivity index (χ0) is 22.0. The van der Waals surface area contributed by atoms with Gasteiger partial charge >= 0.3 is 5.97 Å². The van der Waals surface area contributed by atoms with E-state index < -0.39 is 28.8 Å². The first-order chi connectivity index (χ1) is 14.3. The monoisotopic (exact) mass is 415 g/mol. The van der Waals surface area contributed by atoms with E-state index >= 15 is 0 Å². The number of pyridine rings is 2. The van der Waals surface area contributed by atoms with Gasteiger partial charge in [0, 0.05) is 11.9 Å². The number of aliphatic hydroxyl groups excluding tert-OH is 1. The zero-order valence-electron chi connectivity index (χ0n) is 16.7. The lowest BCUT2D eigenvalue weighted by Gasteiger charge is -2.24. The number of carboxylic acid groups (broad SMARTS) is 1. The molecule has 2 heterocycles. The van der Waals surface area contributed by atoms with Gasteiger partial charge in [-0.05, 0) is 36.2 Å². The Morgan fingerprint density at radius 1 is 1.30 bits per heavy atom. The number of methoxy groups -OCH3 is 1. The number of carboxylic acids is 1. The lowest BCUT2D eigenvalue weighted by Crippen LogP contribution is -2.26. The van der Waals surface area contributed by atoms with E-state index in [1.165, 1.54) is 48.2 Å². The van der Waals surface area contributed by atoms with Crippen molar-refractivity contribution in [3.8, 4) is 5.88 Å². The van der Waals surface area contributed by atoms with Crippen molar-refractivity contribution < 1.29 is 24.1 Å². The molecular weight excluding hydrogens is 393 g/mol. The van der Waals surface area contributed by atoms with Crippen molar-refractivity contribution in [3.63, 3.8) is 0 Å². The minimum absolute atomic E-state index is 0.0550. The number of benzene rings is 1. The summed E-state index contributed by atoms with van der Waals surface area (Å²) in [5.74, 6) is -1.68. The number of rotatable bonds is 7. The SMILES string of the molecule is COc1nc2c(cc1Nc1ccc(F)cc1)c(=O)c(C(=O)O)cn2C(CO)C(C)C. The Morgan fingerprint density at radius 2 is 1.97 bits per heavy atom. The molecule has 0 saturated carbocycles. The third kappa shape index (κ3) is 3.97. The van der Waals surface area contributed by atoms with E-state index in [9.17, 15) is 24.2 Å². The van der Waals surface area contributed by atoms with E-state index in [0.717, 1.165) is 0 Å². The highest BCUT2D eigenvalue weighted by Crippen LogP contribution is 2.31. The summed E-state index contributed by atoms with van der Waals surface area (Å²) in [5, 5.41) is 22.4. The number of carbonyl (C=O) groups is 1. The number of aromatic nitrogens is 2. The number of aromatic carboxylic acids is 1. The van der Waals surface area contributed by atoms with Gasteiger partial charge in [0.15, 0.2) is 0 Å². The highest BCUT2D eigenvalue weighted by molar-refractivity contribution is 5.93. The summed E-state index contributed by atoms with van der Waals surface area (Å²) >= 11 is 0. The Kier molecular flexibility index (Phi) is 6.02. The summed E-state index contributed by atoms with van der Waals surface area (Å²) in [4.78, 5) is 28.9. The van der Waals surface area contributed by atoms with E-state index in [1.54, 1.807) is 0 Å². The van der Waals surface area contributed by atoms with Crippen LogP contribution in [0.5, 0.6) is 5.88 Å². The van der Waals surface area contributed by atoms with Crippen molar-refractivity contribution in [2.75, 3.05) is 19.0 Å². The molecule has 0 fully saturated rings. The normalized spacial score (nSPS) is 12.2. The van der Waals surface area contributed by atoms with Crippen LogP contribution in [0.2, 0.25) is 0 Å². The fourth-order valence-corrected chi connectivity index (χ4v) is 3.21. The molecule has 1 aromatic carbocycles. The maximum Gasteiger partial charge on any atom is 0.341 e. The van der Waals surface area contributed by atoms with E-state index in [4.69, 9.17) is 4.74 Å². The van der Waals surface area contributed by atoms with Crippen LogP contribution in [0.25, 0.3) is 11.0 Å². The van der Waals surface area contributed by atoms with Crippen LogP contribution in [-0.4, -0.2) is 39.5 Å². The largest absolute Gasteiger partial charge is 0.479 e. The van der Waals surface area contributed by atoms with E-state index in [1.807, 2.05) is 13.8 Å². The van der Waals surface area contributed by atoms with E-state index in [0.29, 0.717) is 11.4 Å². The molecule has 3 rings (SSSR count). The Morgan fingerprint density at radius 3 is 2.50 bits per heavy atom. The molecule has 1 atom stereocenters. The van der Waals surface area contributed by atoms with Crippen molar-refractivity contribution in [3.05, 3.63) is 58.1 Å². The molecule has 0 amide bonds. The average Bonchev–Trinajstić information content (AvgIpc) is 2.71. The first-order valence-corrected chi connectivity index (χ1v) is 9.27. The fourth-order valence-electron chi connectivity index (χ4n) is 3.21. The van der Waals surface area contributed by atoms with Gasteiger partial charge in [0.25, 0.3) is 0 Å². The standard InChI is InChI=1S/C21H22FN3O5/c1-11(2)17(10-26)25-9-15(21(28)29)18(27)14-8-16(20(30-3)24-19(14)25)23-13-6-4-12(22)5-7-13/h4-9,11,17,23,26H,10H2,1-3H3,(H,28,29). The molecule has 0 saturated heterocycles. The molecule has 3 N–H and O–H groups in total. The molecule has 8 nitrogen and oxygen atoms in total. The lowest BCUT2D eigenvalue weighted by molar-refractivity contribution is 0.0694. The van der Waals surface area contributed by atoms with Gasteiger partial charge in [0.2, 0.25) is 11.3 Å². The maximum atomic E-state index is 13.2. The predicted octanol–water partition coefficient (Wildman–Crippen LogP) is 3.18. The lowest BCUT2D eigenvalue weighted by atomic mass is 10.0. The number of ether oxygens (including phenoxy) is 1. The highest BCUT2D eigenvalue weighted by Gasteiger charge is 2.23. The quantitative estimate of drug-likeness (QED) is 0.543. The van der Waals surface area contributed by atoms with Gasteiger partial charge in [0.05, 0.1) is 25.1 Å². The molecule has 0 aliphatic heterocycles. The number of halogens is 1. The third-order valence-corrected chi connectivity index (χ3v) is 4.83. The van der Waals surface area contributed by atoms with Crippen LogP contribution in [0, 0.1) is 11.7 Å². The first-order valence-electron chi connectivity index (χ1n) is 9.27. The van der Waals surface area contributed by atoms with Crippen LogP contribution >= 0.6 is 0 Å². The molecule has 0 bridgehead atoms. The summed E-state index contributed by atoms with van der Waals surface area (Å²) in [6.07, 6.45) is 1.20. The van der Waals surface area contributed by atoms with Crippen LogP contribution in [0.3, 0.4) is 0 Å². The second-order valence-electron chi connectivity index (χ2n) is 7.13. The van der Waals surface area contributed by atoms with Crippen LogP contribution in [0.1, 0.15) is 30.2 Å². The molecule has 0 aliphatic carbocycles. The number of anilines is 2. The summed E-state index contributed by atoms with van der Waals surface area (Å²) < 4.78 is 20.0. The van der Waals surface area contributed by atoms with Crippen LogP contribution in [0.15, 0.2) is 41.3 Å². The van der Waals surface area contributed by atoms with Crippen molar-refractivity contribution in [2.24, 2.45) is 5.92 Å². The molecule has 158 valence electrons. The average molecular weight is 415 g/mol. The number of fused-ring (bicyclic) bond motifs is 1. The second-order valence-corrected chi connectivity index (χ2v) is 7.13. The second kappa shape index (κ2) is 8.50. The van der Waals surface area contributed by atoms with Gasteiger partial charge in [0.1, 0.15) is 22.7 Å². The van der Waals surface area contributed by atoms with Crippen molar-refractivity contribution in [1.29, 1.82) is 0 Å². The van der Waals surface area contributed by atoms with Crippen molar-refractivity contribution in [1.82, 2.24) is 9.55 Å². The topological polar surface area (TPSA) is 114 Å². The predicted molar refractivity (Wildman–Crippen MR) is 110 cm³/mol. The minimum Gasteiger partial charge on any atom is -0.479 e. The molecule has 1 unspecified atom stereocenters. The summed E-state index contributed by atoms with van der Waals surface area (Å²) in [5.41, 5.74) is -0.0964. The zero-order valence-corrected chi connectivity index (χ0v) is 16.7. The summed E-state index contributed by atoms with van der Waals surface area (Å²) in [6, 6.07) is 6.50. The maximum absolute atomic E-state index is 13.2. The van der Waals surface area contributed by atoms with Gasteiger partial charge in [-0.3, -0.25) is 4.79 Å². The number of hydrogen-bond donors (Lipinski definition) is 3. The number of nitrogens with one attached hydrogen (secondary N) is 1. The number of hydrogen-bond acceptors (Lipinski definition) is 6.